The lowest BCUT2D eigenvalue weighted by Gasteiger charge is -2.22. The number of fused-ring (bicyclic) bond motifs is 1. The molecule has 0 atom stereocenters. The number of hydrogen-bond acceptors (Lipinski definition) is 3. The Morgan fingerprint density at radius 1 is 1.53 bits per heavy atom. The highest BCUT2D eigenvalue weighted by Gasteiger charge is 2.20. The monoisotopic (exact) mass is 234 g/mol. The molecule has 5 nitrogen and oxygen atoms in total. The van der Waals surface area contributed by atoms with Gasteiger partial charge >= 0.3 is 5.97 Å². The van der Waals surface area contributed by atoms with E-state index in [4.69, 9.17) is 5.11 Å². The molecule has 5 heteroatoms. The van der Waals surface area contributed by atoms with Gasteiger partial charge in [-0.3, -0.25) is 4.79 Å². The van der Waals surface area contributed by atoms with Crippen molar-refractivity contribution in [1.29, 1.82) is 0 Å². The number of carboxylic acid groups (broad SMARTS) is 1. The SMILES string of the molecule is CCN1CCNC(=O)c2ccc(C(=O)O)cc21. The van der Waals surface area contributed by atoms with Crippen molar-refractivity contribution in [2.45, 2.75) is 6.92 Å². The van der Waals surface area contributed by atoms with E-state index in [2.05, 4.69) is 5.32 Å². The van der Waals surface area contributed by atoms with Crippen LogP contribution in [-0.4, -0.2) is 36.6 Å². The maximum atomic E-state index is 11.8. The van der Waals surface area contributed by atoms with Crippen molar-refractivity contribution in [3.8, 4) is 0 Å². The van der Waals surface area contributed by atoms with E-state index in [9.17, 15) is 9.59 Å². The molecule has 1 aromatic rings. The highest BCUT2D eigenvalue weighted by molar-refractivity contribution is 6.02. The van der Waals surface area contributed by atoms with E-state index < -0.39 is 5.97 Å². The van der Waals surface area contributed by atoms with Crippen molar-refractivity contribution in [2.24, 2.45) is 0 Å². The van der Waals surface area contributed by atoms with Crippen LogP contribution in [-0.2, 0) is 0 Å². The molecule has 2 rings (SSSR count). The summed E-state index contributed by atoms with van der Waals surface area (Å²) >= 11 is 0. The molecule has 1 aromatic carbocycles. The fourth-order valence-electron chi connectivity index (χ4n) is 1.97. The quantitative estimate of drug-likeness (QED) is 0.799. The smallest absolute Gasteiger partial charge is 0.335 e. The van der Waals surface area contributed by atoms with Gasteiger partial charge in [-0.15, -0.1) is 0 Å². The number of anilines is 1. The van der Waals surface area contributed by atoms with Crippen LogP contribution < -0.4 is 10.2 Å². The first-order valence-corrected chi connectivity index (χ1v) is 5.54. The zero-order valence-electron chi connectivity index (χ0n) is 9.56. The number of likely N-dealkylation sites (N-methyl/N-ethyl adjacent to an activating group) is 1. The van der Waals surface area contributed by atoms with Gasteiger partial charge in [-0.05, 0) is 25.1 Å². The van der Waals surface area contributed by atoms with Crippen LogP contribution in [0.2, 0.25) is 0 Å². The first-order chi connectivity index (χ1) is 8.13. The Morgan fingerprint density at radius 2 is 2.29 bits per heavy atom. The van der Waals surface area contributed by atoms with E-state index in [1.54, 1.807) is 12.1 Å². The number of benzene rings is 1. The van der Waals surface area contributed by atoms with E-state index in [-0.39, 0.29) is 11.5 Å². The zero-order valence-corrected chi connectivity index (χ0v) is 9.56. The Hall–Kier alpha value is -2.04. The van der Waals surface area contributed by atoms with E-state index in [0.717, 1.165) is 6.54 Å². The normalized spacial score (nSPS) is 14.9. The van der Waals surface area contributed by atoms with Crippen LogP contribution >= 0.6 is 0 Å². The molecule has 0 spiro atoms. The summed E-state index contributed by atoms with van der Waals surface area (Å²) in [6.07, 6.45) is 0. The molecule has 2 N–H and O–H groups in total. The number of carbonyl (C=O) groups excluding carboxylic acids is 1. The highest BCUT2D eigenvalue weighted by atomic mass is 16.4. The van der Waals surface area contributed by atoms with Gasteiger partial charge in [-0.1, -0.05) is 0 Å². The summed E-state index contributed by atoms with van der Waals surface area (Å²) in [5.74, 6) is -1.12. The molecule has 1 aliphatic rings. The maximum absolute atomic E-state index is 11.8. The van der Waals surface area contributed by atoms with E-state index in [0.29, 0.717) is 24.3 Å². The molecule has 0 saturated heterocycles. The molecule has 90 valence electrons. The molecule has 0 aliphatic carbocycles. The third-order valence-corrected chi connectivity index (χ3v) is 2.88. The largest absolute Gasteiger partial charge is 0.478 e. The van der Waals surface area contributed by atoms with Crippen LogP contribution in [0, 0.1) is 0 Å². The van der Waals surface area contributed by atoms with Crippen molar-refractivity contribution in [2.75, 3.05) is 24.5 Å². The maximum Gasteiger partial charge on any atom is 0.335 e. The second-order valence-corrected chi connectivity index (χ2v) is 3.87. The summed E-state index contributed by atoms with van der Waals surface area (Å²) in [6, 6.07) is 4.59. The van der Waals surface area contributed by atoms with Gasteiger partial charge in [-0.2, -0.15) is 0 Å². The number of nitrogens with zero attached hydrogens (tertiary/aromatic N) is 1. The molecule has 17 heavy (non-hydrogen) atoms. The lowest BCUT2D eigenvalue weighted by atomic mass is 10.1. The predicted octanol–water partition coefficient (Wildman–Crippen LogP) is 0.955. The average Bonchev–Trinajstić information content (AvgIpc) is 2.48. The second-order valence-electron chi connectivity index (χ2n) is 3.87. The molecule has 1 aliphatic heterocycles. The van der Waals surface area contributed by atoms with Crippen LogP contribution in [0.5, 0.6) is 0 Å². The predicted molar refractivity (Wildman–Crippen MR) is 63.6 cm³/mol. The number of amides is 1. The van der Waals surface area contributed by atoms with Crippen LogP contribution in [0.3, 0.4) is 0 Å². The first kappa shape index (κ1) is 11.4. The Labute approximate surface area is 99.0 Å². The third-order valence-electron chi connectivity index (χ3n) is 2.88. The summed E-state index contributed by atoms with van der Waals surface area (Å²) in [5, 5.41) is 11.7. The third kappa shape index (κ3) is 2.08. The summed E-state index contributed by atoms with van der Waals surface area (Å²) in [6.45, 7) is 3.99. The fraction of sp³-hybridized carbons (Fsp3) is 0.333. The van der Waals surface area contributed by atoms with Gasteiger partial charge in [0.05, 0.1) is 16.8 Å². The Balaban J connectivity index is 2.53. The van der Waals surface area contributed by atoms with Crippen LogP contribution in [0.25, 0.3) is 0 Å². The van der Waals surface area contributed by atoms with Gasteiger partial charge in [0.1, 0.15) is 0 Å². The van der Waals surface area contributed by atoms with Crippen LogP contribution in [0.15, 0.2) is 18.2 Å². The van der Waals surface area contributed by atoms with Crippen molar-refractivity contribution in [3.63, 3.8) is 0 Å². The number of carboxylic acids is 1. The Bertz CT molecular complexity index is 471. The van der Waals surface area contributed by atoms with Crippen molar-refractivity contribution >= 4 is 17.6 Å². The van der Waals surface area contributed by atoms with Crippen molar-refractivity contribution in [3.05, 3.63) is 29.3 Å². The van der Waals surface area contributed by atoms with Gasteiger partial charge in [0.25, 0.3) is 5.91 Å². The molecule has 0 radical (unpaired) electrons. The summed E-state index contributed by atoms with van der Waals surface area (Å²) in [5.41, 5.74) is 1.44. The van der Waals surface area contributed by atoms with E-state index in [1.807, 2.05) is 11.8 Å². The number of carbonyl (C=O) groups is 2. The molecule has 0 aromatic heterocycles. The Morgan fingerprint density at radius 3 is 2.94 bits per heavy atom. The molecular weight excluding hydrogens is 220 g/mol. The molecule has 1 amide bonds. The lowest BCUT2D eigenvalue weighted by Crippen LogP contribution is -2.29. The molecule has 1 heterocycles. The Kier molecular flexibility index (Phi) is 2.99. The minimum absolute atomic E-state index is 0.145. The van der Waals surface area contributed by atoms with Crippen molar-refractivity contribution in [1.82, 2.24) is 5.32 Å². The first-order valence-electron chi connectivity index (χ1n) is 5.54. The van der Waals surface area contributed by atoms with E-state index >= 15 is 0 Å². The van der Waals surface area contributed by atoms with Crippen LogP contribution in [0.4, 0.5) is 5.69 Å². The van der Waals surface area contributed by atoms with Crippen molar-refractivity contribution < 1.29 is 14.7 Å². The van der Waals surface area contributed by atoms with Gasteiger partial charge < -0.3 is 15.3 Å². The summed E-state index contributed by atoms with van der Waals surface area (Å²) < 4.78 is 0. The topological polar surface area (TPSA) is 69.6 Å². The van der Waals surface area contributed by atoms with Crippen LogP contribution in [0.1, 0.15) is 27.6 Å². The number of aromatic carboxylic acids is 1. The van der Waals surface area contributed by atoms with Gasteiger partial charge in [-0.25, -0.2) is 4.79 Å². The molecule has 0 fully saturated rings. The number of hydrogen-bond donors (Lipinski definition) is 2. The van der Waals surface area contributed by atoms with Gasteiger partial charge in [0.15, 0.2) is 0 Å². The standard InChI is InChI=1S/C12H14N2O3/c1-2-14-6-5-13-11(15)9-4-3-8(12(16)17)7-10(9)14/h3-4,7H,2,5-6H2,1H3,(H,13,15)(H,16,17). The molecule has 0 unspecified atom stereocenters. The lowest BCUT2D eigenvalue weighted by molar-refractivity contribution is 0.0696. The summed E-state index contributed by atoms with van der Waals surface area (Å²) in [4.78, 5) is 24.7. The number of rotatable bonds is 2. The average molecular weight is 234 g/mol. The number of nitrogens with one attached hydrogen (secondary N) is 1. The van der Waals surface area contributed by atoms with E-state index in [1.165, 1.54) is 6.07 Å². The molecular formula is C12H14N2O3. The minimum Gasteiger partial charge on any atom is -0.478 e. The van der Waals surface area contributed by atoms with Gasteiger partial charge in [0.2, 0.25) is 0 Å². The highest BCUT2D eigenvalue weighted by Crippen LogP contribution is 2.24. The zero-order chi connectivity index (χ0) is 12.4. The fourth-order valence-corrected chi connectivity index (χ4v) is 1.97. The summed E-state index contributed by atoms with van der Waals surface area (Å²) in [7, 11) is 0. The molecule has 0 saturated carbocycles. The second kappa shape index (κ2) is 4.45. The van der Waals surface area contributed by atoms with Gasteiger partial charge in [0, 0.05) is 19.6 Å². The molecule has 0 bridgehead atoms. The minimum atomic E-state index is -0.978.